The predicted octanol–water partition coefficient (Wildman–Crippen LogP) is 3.51. The van der Waals surface area contributed by atoms with Gasteiger partial charge in [-0.05, 0) is 31.9 Å². The van der Waals surface area contributed by atoms with Crippen LogP contribution in [0, 0.1) is 6.92 Å². The lowest BCUT2D eigenvalue weighted by Gasteiger charge is -2.25. The molecule has 2 aromatic rings. The zero-order valence-electron chi connectivity index (χ0n) is 19.0. The Morgan fingerprint density at radius 1 is 1.06 bits per heavy atom. The molecule has 1 atom stereocenters. The molecule has 0 unspecified atom stereocenters. The van der Waals surface area contributed by atoms with Crippen LogP contribution in [0.2, 0.25) is 0 Å². The fourth-order valence-corrected chi connectivity index (χ4v) is 4.55. The molecule has 1 aromatic carbocycles. The topological polar surface area (TPSA) is 98.3 Å². The molecule has 172 valence electrons. The van der Waals surface area contributed by atoms with Crippen LogP contribution in [0.15, 0.2) is 41.7 Å². The van der Waals surface area contributed by atoms with Crippen LogP contribution < -0.4 is 5.73 Å². The summed E-state index contributed by atoms with van der Waals surface area (Å²) in [6.45, 7) is 7.59. The number of carbonyl (C=O) groups excluding carboxylic acids is 1. The summed E-state index contributed by atoms with van der Waals surface area (Å²) in [5.41, 5.74) is 7.68. The monoisotopic (exact) mass is 448 g/mol. The van der Waals surface area contributed by atoms with Crippen molar-refractivity contribution in [2.24, 2.45) is 5.73 Å². The summed E-state index contributed by atoms with van der Waals surface area (Å²) in [5.74, 6) is -0.0943. The van der Waals surface area contributed by atoms with Gasteiger partial charge in [-0.3, -0.25) is 4.79 Å². The van der Waals surface area contributed by atoms with Crippen LogP contribution in [0.3, 0.4) is 0 Å². The van der Waals surface area contributed by atoms with Crippen LogP contribution in [-0.4, -0.2) is 47.3 Å². The number of benzene rings is 1. The van der Waals surface area contributed by atoms with Crippen molar-refractivity contribution in [3.63, 3.8) is 0 Å². The van der Waals surface area contributed by atoms with Crippen molar-refractivity contribution in [2.45, 2.75) is 76.7 Å². The summed E-state index contributed by atoms with van der Waals surface area (Å²) in [6, 6.07) is 5.91. The minimum atomic E-state index is -3.72. The lowest BCUT2D eigenvalue weighted by atomic mass is 10.1. The smallest absolute Gasteiger partial charge is 0.268 e. The van der Waals surface area contributed by atoms with Gasteiger partial charge in [0.15, 0.2) is 0 Å². The first-order chi connectivity index (χ1) is 14.8. The third-order valence-corrected chi connectivity index (χ3v) is 6.95. The molecule has 8 heteroatoms. The van der Waals surface area contributed by atoms with Crippen molar-refractivity contribution in [2.75, 3.05) is 13.1 Å². The summed E-state index contributed by atoms with van der Waals surface area (Å²) >= 11 is 0. The van der Waals surface area contributed by atoms with E-state index in [9.17, 15) is 13.2 Å². The van der Waals surface area contributed by atoms with Crippen molar-refractivity contribution in [1.82, 2.24) is 13.9 Å². The van der Waals surface area contributed by atoms with Gasteiger partial charge in [0.05, 0.1) is 16.6 Å². The maximum Gasteiger partial charge on any atom is 0.268 e. The van der Waals surface area contributed by atoms with E-state index < -0.39 is 16.1 Å². The van der Waals surface area contributed by atoms with E-state index in [1.54, 1.807) is 24.3 Å². The van der Waals surface area contributed by atoms with Crippen LogP contribution in [0.1, 0.15) is 63.6 Å². The maximum absolute atomic E-state index is 12.9. The summed E-state index contributed by atoms with van der Waals surface area (Å²) in [6.07, 6.45) is 9.18. The Balaban J connectivity index is 2.06. The number of hydrogen-bond acceptors (Lipinski definition) is 5. The Hall–Kier alpha value is -2.19. The van der Waals surface area contributed by atoms with E-state index in [2.05, 4.69) is 18.8 Å². The number of aryl methyl sites for hydroxylation is 1. The zero-order valence-corrected chi connectivity index (χ0v) is 19.8. The molecule has 1 aromatic heterocycles. The SMILES string of the molecule is CCCCCN(CCCCC)C(=O)[C@H](N)Cc1cn(S(=O)(=O)c2ccc(C)cc2)cn1. The van der Waals surface area contributed by atoms with Crippen LogP contribution in [0.4, 0.5) is 0 Å². The van der Waals surface area contributed by atoms with Gasteiger partial charge in [0, 0.05) is 25.7 Å². The van der Waals surface area contributed by atoms with Gasteiger partial charge in [-0.1, -0.05) is 57.2 Å². The Bertz CT molecular complexity index is 913. The van der Waals surface area contributed by atoms with Gasteiger partial charge in [0.2, 0.25) is 5.91 Å². The molecule has 31 heavy (non-hydrogen) atoms. The molecule has 0 aliphatic rings. The Morgan fingerprint density at radius 3 is 2.19 bits per heavy atom. The molecule has 0 fully saturated rings. The second kappa shape index (κ2) is 12.0. The van der Waals surface area contributed by atoms with Crippen LogP contribution >= 0.6 is 0 Å². The van der Waals surface area contributed by atoms with E-state index in [0.29, 0.717) is 18.8 Å². The number of amides is 1. The van der Waals surface area contributed by atoms with E-state index in [4.69, 9.17) is 5.73 Å². The van der Waals surface area contributed by atoms with Crippen LogP contribution in [0.5, 0.6) is 0 Å². The van der Waals surface area contributed by atoms with E-state index in [0.717, 1.165) is 48.1 Å². The first-order valence-electron chi connectivity index (χ1n) is 11.2. The highest BCUT2D eigenvalue weighted by Crippen LogP contribution is 2.15. The number of unbranched alkanes of at least 4 members (excludes halogenated alkanes) is 4. The van der Waals surface area contributed by atoms with Crippen molar-refractivity contribution < 1.29 is 13.2 Å². The highest BCUT2D eigenvalue weighted by atomic mass is 32.2. The van der Waals surface area contributed by atoms with Crippen molar-refractivity contribution in [1.29, 1.82) is 0 Å². The van der Waals surface area contributed by atoms with Crippen molar-refractivity contribution in [3.05, 3.63) is 48.0 Å². The summed E-state index contributed by atoms with van der Waals surface area (Å²) in [7, 11) is -3.72. The van der Waals surface area contributed by atoms with E-state index >= 15 is 0 Å². The molecule has 2 N–H and O–H groups in total. The first-order valence-corrected chi connectivity index (χ1v) is 12.6. The molecular weight excluding hydrogens is 412 g/mol. The van der Waals surface area contributed by atoms with Crippen LogP contribution in [-0.2, 0) is 21.2 Å². The van der Waals surface area contributed by atoms with E-state index in [1.165, 1.54) is 12.5 Å². The van der Waals surface area contributed by atoms with Gasteiger partial charge >= 0.3 is 0 Å². The fourth-order valence-electron chi connectivity index (χ4n) is 3.40. The number of hydrogen-bond donors (Lipinski definition) is 1. The molecule has 7 nitrogen and oxygen atoms in total. The molecule has 0 bridgehead atoms. The molecule has 2 rings (SSSR count). The minimum absolute atomic E-state index is 0.0943. The van der Waals surface area contributed by atoms with Gasteiger partial charge in [-0.15, -0.1) is 0 Å². The maximum atomic E-state index is 12.9. The largest absolute Gasteiger partial charge is 0.341 e. The standard InChI is InChI=1S/C23H36N4O3S/c1-4-6-8-14-26(15-9-7-5-2)23(28)22(24)16-20-17-27(18-25-20)31(29,30)21-12-10-19(3)11-13-21/h10-13,17-18,22H,4-9,14-16,24H2,1-3H3/t22-/m1/s1. The van der Waals surface area contributed by atoms with Gasteiger partial charge < -0.3 is 10.6 Å². The first kappa shape index (κ1) is 25.1. The quantitative estimate of drug-likeness (QED) is 0.473. The lowest BCUT2D eigenvalue weighted by molar-refractivity contribution is -0.132. The summed E-state index contributed by atoms with van der Waals surface area (Å²) in [4.78, 5) is 19.2. The molecule has 0 saturated heterocycles. The van der Waals surface area contributed by atoms with Crippen molar-refractivity contribution >= 4 is 15.9 Å². The fraction of sp³-hybridized carbons (Fsp3) is 0.565. The molecule has 0 aliphatic heterocycles. The number of carbonyl (C=O) groups is 1. The van der Waals surface area contributed by atoms with Gasteiger partial charge in [-0.25, -0.2) is 17.4 Å². The number of imidazole rings is 1. The average molecular weight is 449 g/mol. The third kappa shape index (κ3) is 7.18. The van der Waals surface area contributed by atoms with Crippen molar-refractivity contribution in [3.8, 4) is 0 Å². The van der Waals surface area contributed by atoms with Crippen LogP contribution in [0.25, 0.3) is 0 Å². The molecule has 1 amide bonds. The number of nitrogens with two attached hydrogens (primary N) is 1. The molecule has 0 saturated carbocycles. The Morgan fingerprint density at radius 2 is 1.65 bits per heavy atom. The second-order valence-electron chi connectivity index (χ2n) is 8.06. The second-order valence-corrected chi connectivity index (χ2v) is 9.91. The van der Waals surface area contributed by atoms with Gasteiger partial charge in [0.1, 0.15) is 6.33 Å². The highest BCUT2D eigenvalue weighted by Gasteiger charge is 2.23. The zero-order chi connectivity index (χ0) is 22.9. The third-order valence-electron chi connectivity index (χ3n) is 5.33. The summed E-state index contributed by atoms with van der Waals surface area (Å²) in [5, 5.41) is 0. The Labute approximate surface area is 186 Å². The summed E-state index contributed by atoms with van der Waals surface area (Å²) < 4.78 is 26.7. The van der Waals surface area contributed by atoms with Gasteiger partial charge in [-0.2, -0.15) is 0 Å². The van der Waals surface area contributed by atoms with E-state index in [1.807, 2.05) is 11.8 Å². The molecule has 0 spiro atoms. The Kier molecular flexibility index (Phi) is 9.71. The van der Waals surface area contributed by atoms with Gasteiger partial charge in [0.25, 0.3) is 10.0 Å². The lowest BCUT2D eigenvalue weighted by Crippen LogP contribution is -2.45. The number of rotatable bonds is 13. The molecule has 1 heterocycles. The molecular formula is C23H36N4O3S. The number of aromatic nitrogens is 2. The number of nitrogens with zero attached hydrogens (tertiary/aromatic N) is 3. The average Bonchev–Trinajstić information content (AvgIpc) is 3.22. The predicted molar refractivity (Wildman–Crippen MR) is 123 cm³/mol. The molecule has 0 aliphatic carbocycles. The normalized spacial score (nSPS) is 12.6. The minimum Gasteiger partial charge on any atom is -0.341 e. The highest BCUT2D eigenvalue weighted by molar-refractivity contribution is 7.90. The van der Waals surface area contributed by atoms with E-state index in [-0.39, 0.29) is 17.2 Å². The molecule has 0 radical (unpaired) electrons.